The molecule has 0 aromatic carbocycles. The van der Waals surface area contributed by atoms with Crippen molar-refractivity contribution < 1.29 is 14.0 Å². The molecule has 4 N–H and O–H groups in total. The summed E-state index contributed by atoms with van der Waals surface area (Å²) in [6.45, 7) is 2.41. The van der Waals surface area contributed by atoms with Crippen LogP contribution in [-0.4, -0.2) is 11.5 Å². The molecule has 0 aliphatic carbocycles. The highest BCUT2D eigenvalue weighted by molar-refractivity contribution is 7.32. The minimum atomic E-state index is -2.66. The summed E-state index contributed by atoms with van der Waals surface area (Å²) in [5.41, 5.74) is 0. The summed E-state index contributed by atoms with van der Waals surface area (Å²) in [6, 6.07) is 0. The molecule has 0 heterocycles. The third-order valence-electron chi connectivity index (χ3n) is 0.723. The molecule has 0 aliphatic rings. The van der Waals surface area contributed by atoms with Crippen molar-refractivity contribution in [2.45, 2.75) is 19.8 Å². The van der Waals surface area contributed by atoms with Gasteiger partial charge in [0.05, 0.1) is 6.61 Å². The monoisotopic (exact) mass is 155 g/mol. The number of rotatable bonds is 4. The zero-order valence-electron chi connectivity index (χ0n) is 5.59. The van der Waals surface area contributed by atoms with Crippen LogP contribution in [0.4, 0.5) is 0 Å². The van der Waals surface area contributed by atoms with E-state index in [1.807, 2.05) is 6.92 Å². The van der Waals surface area contributed by atoms with Crippen LogP contribution in [0.2, 0.25) is 0 Å². The lowest BCUT2D eigenvalue weighted by Gasteiger charge is -1.94. The third-order valence-corrected chi connectivity index (χ3v) is 1.17. The van der Waals surface area contributed by atoms with Crippen LogP contribution in [-0.2, 0) is 9.09 Å². The molecule has 1 unspecified atom stereocenters. The van der Waals surface area contributed by atoms with E-state index >= 15 is 0 Å². The van der Waals surface area contributed by atoms with Gasteiger partial charge in [0.1, 0.15) is 0 Å². The Bertz CT molecular complexity index is 78.2. The lowest BCUT2D eigenvalue weighted by molar-refractivity contribution is 0.276. The fourth-order valence-electron chi connectivity index (χ4n) is 0.304. The van der Waals surface area contributed by atoms with E-state index in [0.717, 1.165) is 12.8 Å². The van der Waals surface area contributed by atoms with Crippen LogP contribution < -0.4 is 6.15 Å². The quantitative estimate of drug-likeness (QED) is 0.474. The summed E-state index contributed by atoms with van der Waals surface area (Å²) in [7, 11) is -2.66. The molecule has 0 amide bonds. The first-order valence-electron chi connectivity index (χ1n) is 2.63. The normalized spacial score (nSPS) is 12.2. The minimum absolute atomic E-state index is 0. The summed E-state index contributed by atoms with van der Waals surface area (Å²) in [6.07, 6.45) is 1.85. The SMILES string of the molecule is CCCCO[PH](=O)O.N. The second kappa shape index (κ2) is 8.11. The van der Waals surface area contributed by atoms with Crippen molar-refractivity contribution in [1.82, 2.24) is 6.15 Å². The van der Waals surface area contributed by atoms with Gasteiger partial charge in [-0.15, -0.1) is 0 Å². The highest BCUT2D eigenvalue weighted by Crippen LogP contribution is 2.14. The molecule has 0 fully saturated rings. The Morgan fingerprint density at radius 1 is 1.67 bits per heavy atom. The Morgan fingerprint density at radius 2 is 2.22 bits per heavy atom. The first-order chi connectivity index (χ1) is 3.77. The summed E-state index contributed by atoms with van der Waals surface area (Å²) >= 11 is 0. The lowest BCUT2D eigenvalue weighted by Crippen LogP contribution is -1.82. The van der Waals surface area contributed by atoms with Gasteiger partial charge >= 0.3 is 8.25 Å². The molecule has 9 heavy (non-hydrogen) atoms. The Hall–Kier alpha value is 0.110. The van der Waals surface area contributed by atoms with E-state index in [0.29, 0.717) is 6.61 Å². The molecule has 58 valence electrons. The smallest absolute Gasteiger partial charge is 0.316 e. The Labute approximate surface area is 55.8 Å². The summed E-state index contributed by atoms with van der Waals surface area (Å²) in [5, 5.41) is 0. The van der Waals surface area contributed by atoms with Crippen molar-refractivity contribution in [3.05, 3.63) is 0 Å². The minimum Gasteiger partial charge on any atom is -0.344 e. The fraction of sp³-hybridized carbons (Fsp3) is 1.00. The van der Waals surface area contributed by atoms with E-state index < -0.39 is 8.25 Å². The number of hydrogen-bond donors (Lipinski definition) is 2. The van der Waals surface area contributed by atoms with Crippen LogP contribution in [0.15, 0.2) is 0 Å². The maximum Gasteiger partial charge on any atom is 0.316 e. The van der Waals surface area contributed by atoms with Crippen LogP contribution in [0.3, 0.4) is 0 Å². The van der Waals surface area contributed by atoms with Gasteiger partial charge in [0.15, 0.2) is 0 Å². The van der Waals surface area contributed by atoms with Gasteiger partial charge in [0.2, 0.25) is 0 Å². The predicted octanol–water partition coefficient (Wildman–Crippen LogP) is 1.35. The molecule has 1 atom stereocenters. The standard InChI is InChI=1S/C4H11O3P.H3N/c1-2-3-4-7-8(5)6;/h8H,2-4H2,1H3,(H,5,6);1H3. The van der Waals surface area contributed by atoms with E-state index in [1.54, 1.807) is 0 Å². The average Bonchev–Trinajstić information content (AvgIpc) is 1.66. The second-order valence-corrected chi connectivity index (χ2v) is 2.29. The summed E-state index contributed by atoms with van der Waals surface area (Å²) < 4.78 is 14.2. The van der Waals surface area contributed by atoms with Crippen molar-refractivity contribution >= 4 is 8.25 Å². The maximum atomic E-state index is 9.84. The van der Waals surface area contributed by atoms with Crippen LogP contribution in [0.1, 0.15) is 19.8 Å². The molecular formula is C4H14NO3P. The first-order valence-corrected chi connectivity index (χ1v) is 3.89. The fourth-order valence-corrected chi connectivity index (χ4v) is 0.623. The van der Waals surface area contributed by atoms with Gasteiger partial charge < -0.3 is 15.6 Å². The largest absolute Gasteiger partial charge is 0.344 e. The Morgan fingerprint density at radius 3 is 2.56 bits per heavy atom. The molecule has 0 aromatic heterocycles. The van der Waals surface area contributed by atoms with E-state index in [-0.39, 0.29) is 6.15 Å². The average molecular weight is 155 g/mol. The lowest BCUT2D eigenvalue weighted by atomic mass is 10.4. The number of unbranched alkanes of at least 4 members (excludes halogenated alkanes) is 1. The van der Waals surface area contributed by atoms with Gasteiger partial charge in [0, 0.05) is 0 Å². The van der Waals surface area contributed by atoms with Gasteiger partial charge in [-0.3, -0.25) is 4.57 Å². The van der Waals surface area contributed by atoms with Crippen LogP contribution in [0.5, 0.6) is 0 Å². The Kier molecular flexibility index (Phi) is 10.7. The molecule has 5 heteroatoms. The van der Waals surface area contributed by atoms with Gasteiger partial charge in [-0.1, -0.05) is 13.3 Å². The van der Waals surface area contributed by atoms with Crippen LogP contribution >= 0.6 is 8.25 Å². The topological polar surface area (TPSA) is 81.5 Å². The molecule has 0 saturated carbocycles. The van der Waals surface area contributed by atoms with Crippen molar-refractivity contribution in [3.8, 4) is 0 Å². The Balaban J connectivity index is 0. The zero-order valence-corrected chi connectivity index (χ0v) is 6.59. The van der Waals surface area contributed by atoms with Gasteiger partial charge in [-0.05, 0) is 6.42 Å². The van der Waals surface area contributed by atoms with Crippen molar-refractivity contribution in [1.29, 1.82) is 0 Å². The molecule has 0 spiro atoms. The molecule has 0 aliphatic heterocycles. The summed E-state index contributed by atoms with van der Waals surface area (Å²) in [4.78, 5) is 8.10. The predicted molar refractivity (Wildman–Crippen MR) is 37.1 cm³/mol. The van der Waals surface area contributed by atoms with Gasteiger partial charge in [-0.25, -0.2) is 0 Å². The van der Waals surface area contributed by atoms with E-state index in [2.05, 4.69) is 4.52 Å². The van der Waals surface area contributed by atoms with Crippen LogP contribution in [0, 0.1) is 0 Å². The summed E-state index contributed by atoms with van der Waals surface area (Å²) in [5.74, 6) is 0. The molecule has 0 saturated heterocycles. The molecule has 4 nitrogen and oxygen atoms in total. The first kappa shape index (κ1) is 11.9. The molecule has 0 aromatic rings. The van der Waals surface area contributed by atoms with E-state index in [9.17, 15) is 4.57 Å². The highest BCUT2D eigenvalue weighted by atomic mass is 31.1. The number of hydrogen-bond acceptors (Lipinski definition) is 3. The third kappa shape index (κ3) is 11.6. The molecular weight excluding hydrogens is 141 g/mol. The van der Waals surface area contributed by atoms with E-state index in [1.165, 1.54) is 0 Å². The second-order valence-electron chi connectivity index (χ2n) is 1.47. The van der Waals surface area contributed by atoms with Crippen LogP contribution in [0.25, 0.3) is 0 Å². The van der Waals surface area contributed by atoms with Crippen molar-refractivity contribution in [2.75, 3.05) is 6.61 Å². The van der Waals surface area contributed by atoms with Gasteiger partial charge in [-0.2, -0.15) is 0 Å². The van der Waals surface area contributed by atoms with Gasteiger partial charge in [0.25, 0.3) is 0 Å². The zero-order chi connectivity index (χ0) is 6.41. The van der Waals surface area contributed by atoms with E-state index in [4.69, 9.17) is 4.89 Å². The van der Waals surface area contributed by atoms with Crippen molar-refractivity contribution in [3.63, 3.8) is 0 Å². The maximum absolute atomic E-state index is 9.84. The molecule has 0 rings (SSSR count). The molecule has 0 bridgehead atoms. The highest BCUT2D eigenvalue weighted by Gasteiger charge is 1.87. The van der Waals surface area contributed by atoms with Crippen molar-refractivity contribution in [2.24, 2.45) is 0 Å². The molecule has 0 radical (unpaired) electrons.